The Balaban J connectivity index is 2.02. The predicted molar refractivity (Wildman–Crippen MR) is 82.7 cm³/mol. The van der Waals surface area contributed by atoms with Gasteiger partial charge in [0.15, 0.2) is 0 Å². The summed E-state index contributed by atoms with van der Waals surface area (Å²) in [6.07, 6.45) is 0. The molecular weight excluding hydrogens is 353 g/mol. The molecule has 3 nitrogen and oxygen atoms in total. The Morgan fingerprint density at radius 1 is 1.11 bits per heavy atom. The molecule has 0 saturated carbocycles. The molecule has 2 N–H and O–H groups in total. The first-order chi connectivity index (χ1) is 9.20. The number of carbonyl (C=O) groups is 1. The molecule has 0 fully saturated rings. The van der Waals surface area contributed by atoms with Crippen LogP contribution in [0.5, 0.6) is 0 Å². The average molecular weight is 367 g/mol. The van der Waals surface area contributed by atoms with E-state index >= 15 is 0 Å². The minimum atomic E-state index is -0.0839. The SMILES string of the molecule is O=C(NCc1cccc(CO)c1)c1ccccc1I. The molecule has 0 saturated heterocycles. The van der Waals surface area contributed by atoms with Crippen molar-refractivity contribution in [2.45, 2.75) is 13.2 Å². The van der Waals surface area contributed by atoms with Crippen LogP contribution in [0.3, 0.4) is 0 Å². The van der Waals surface area contributed by atoms with E-state index in [1.54, 1.807) is 6.07 Å². The highest BCUT2D eigenvalue weighted by Gasteiger charge is 2.08. The van der Waals surface area contributed by atoms with Crippen molar-refractivity contribution in [3.8, 4) is 0 Å². The highest BCUT2D eigenvalue weighted by Crippen LogP contribution is 2.11. The van der Waals surface area contributed by atoms with Gasteiger partial charge in [0.05, 0.1) is 12.2 Å². The van der Waals surface area contributed by atoms with E-state index in [9.17, 15) is 4.79 Å². The van der Waals surface area contributed by atoms with Crippen LogP contribution in [0, 0.1) is 3.57 Å². The molecule has 0 unspecified atom stereocenters. The third-order valence-corrected chi connectivity index (χ3v) is 3.69. The maximum Gasteiger partial charge on any atom is 0.252 e. The highest BCUT2D eigenvalue weighted by atomic mass is 127. The van der Waals surface area contributed by atoms with Crippen LogP contribution in [-0.4, -0.2) is 11.0 Å². The number of carbonyl (C=O) groups excluding carboxylic acids is 1. The second-order valence-electron chi connectivity index (χ2n) is 4.14. The zero-order valence-electron chi connectivity index (χ0n) is 10.3. The van der Waals surface area contributed by atoms with Gasteiger partial charge in [0.25, 0.3) is 5.91 Å². The summed E-state index contributed by atoms with van der Waals surface area (Å²) in [5.41, 5.74) is 2.51. The lowest BCUT2D eigenvalue weighted by Crippen LogP contribution is -2.23. The van der Waals surface area contributed by atoms with E-state index in [4.69, 9.17) is 5.11 Å². The molecule has 0 bridgehead atoms. The number of aliphatic hydroxyl groups is 1. The van der Waals surface area contributed by atoms with Crippen molar-refractivity contribution < 1.29 is 9.90 Å². The van der Waals surface area contributed by atoms with Crippen molar-refractivity contribution in [1.29, 1.82) is 0 Å². The van der Waals surface area contributed by atoms with Crippen LogP contribution in [0.25, 0.3) is 0 Å². The Labute approximate surface area is 125 Å². The molecule has 2 aromatic rings. The van der Waals surface area contributed by atoms with E-state index in [-0.39, 0.29) is 12.5 Å². The molecule has 98 valence electrons. The molecule has 0 aliphatic heterocycles. The van der Waals surface area contributed by atoms with Crippen LogP contribution >= 0.6 is 22.6 Å². The average Bonchev–Trinajstić information content (AvgIpc) is 2.45. The first-order valence-corrected chi connectivity index (χ1v) is 7.00. The fraction of sp³-hybridized carbons (Fsp3) is 0.133. The van der Waals surface area contributed by atoms with E-state index in [0.717, 1.165) is 14.7 Å². The summed E-state index contributed by atoms with van der Waals surface area (Å²) in [4.78, 5) is 12.0. The Hall–Kier alpha value is -1.40. The summed E-state index contributed by atoms with van der Waals surface area (Å²) in [5, 5.41) is 11.9. The first-order valence-electron chi connectivity index (χ1n) is 5.92. The molecule has 0 spiro atoms. The zero-order valence-corrected chi connectivity index (χ0v) is 12.4. The van der Waals surface area contributed by atoms with E-state index in [0.29, 0.717) is 12.1 Å². The fourth-order valence-corrected chi connectivity index (χ4v) is 2.39. The van der Waals surface area contributed by atoms with Crippen LogP contribution in [0.15, 0.2) is 48.5 Å². The third kappa shape index (κ3) is 3.78. The van der Waals surface area contributed by atoms with Crippen LogP contribution < -0.4 is 5.32 Å². The van der Waals surface area contributed by atoms with Gasteiger partial charge in [-0.05, 0) is 45.9 Å². The summed E-state index contributed by atoms with van der Waals surface area (Å²) < 4.78 is 0.932. The lowest BCUT2D eigenvalue weighted by Gasteiger charge is -2.07. The largest absolute Gasteiger partial charge is 0.392 e. The molecule has 2 rings (SSSR count). The Morgan fingerprint density at radius 3 is 2.58 bits per heavy atom. The summed E-state index contributed by atoms with van der Waals surface area (Å²) in [5.74, 6) is -0.0839. The van der Waals surface area contributed by atoms with Crippen molar-refractivity contribution in [2.75, 3.05) is 0 Å². The quantitative estimate of drug-likeness (QED) is 0.817. The summed E-state index contributed by atoms with van der Waals surface area (Å²) in [6, 6.07) is 15.0. The molecule has 2 aromatic carbocycles. The maximum absolute atomic E-state index is 12.0. The number of amides is 1. The molecule has 0 aromatic heterocycles. The van der Waals surface area contributed by atoms with Gasteiger partial charge in [-0.2, -0.15) is 0 Å². The van der Waals surface area contributed by atoms with E-state index in [2.05, 4.69) is 27.9 Å². The van der Waals surface area contributed by atoms with Gasteiger partial charge in [-0.3, -0.25) is 4.79 Å². The van der Waals surface area contributed by atoms with Crippen LogP contribution in [-0.2, 0) is 13.2 Å². The number of rotatable bonds is 4. The number of benzene rings is 2. The number of aliphatic hydroxyl groups excluding tert-OH is 1. The molecular formula is C15H14INO2. The Bertz CT molecular complexity index is 584. The topological polar surface area (TPSA) is 49.3 Å². The molecule has 4 heteroatoms. The van der Waals surface area contributed by atoms with Crippen molar-refractivity contribution in [2.24, 2.45) is 0 Å². The molecule has 0 aliphatic carbocycles. The van der Waals surface area contributed by atoms with Gasteiger partial charge in [0.2, 0.25) is 0 Å². The maximum atomic E-state index is 12.0. The van der Waals surface area contributed by atoms with Crippen LogP contribution in [0.2, 0.25) is 0 Å². The van der Waals surface area contributed by atoms with Crippen molar-refractivity contribution >= 4 is 28.5 Å². The van der Waals surface area contributed by atoms with Gasteiger partial charge >= 0.3 is 0 Å². The van der Waals surface area contributed by atoms with Crippen molar-refractivity contribution in [3.05, 3.63) is 68.8 Å². The van der Waals surface area contributed by atoms with Gasteiger partial charge in [0, 0.05) is 10.1 Å². The second-order valence-corrected chi connectivity index (χ2v) is 5.30. The molecule has 1 amide bonds. The normalized spacial score (nSPS) is 10.2. The number of nitrogens with one attached hydrogen (secondary N) is 1. The fourth-order valence-electron chi connectivity index (χ4n) is 1.76. The molecule has 0 radical (unpaired) electrons. The van der Waals surface area contributed by atoms with E-state index < -0.39 is 0 Å². The van der Waals surface area contributed by atoms with Crippen LogP contribution in [0.4, 0.5) is 0 Å². The minimum absolute atomic E-state index is 0.0123. The molecule has 0 heterocycles. The standard InChI is InChI=1S/C15H14INO2/c16-14-7-2-1-6-13(14)15(19)17-9-11-4-3-5-12(8-11)10-18/h1-8,18H,9-10H2,(H,17,19). The number of halogens is 1. The highest BCUT2D eigenvalue weighted by molar-refractivity contribution is 14.1. The van der Waals surface area contributed by atoms with Crippen molar-refractivity contribution in [1.82, 2.24) is 5.32 Å². The van der Waals surface area contributed by atoms with E-state index in [1.807, 2.05) is 42.5 Å². The lowest BCUT2D eigenvalue weighted by molar-refractivity contribution is 0.0950. The van der Waals surface area contributed by atoms with Gasteiger partial charge in [-0.25, -0.2) is 0 Å². The number of hydrogen-bond acceptors (Lipinski definition) is 2. The summed E-state index contributed by atoms with van der Waals surface area (Å²) in [6.45, 7) is 0.468. The Kier molecular flexibility index (Phi) is 4.93. The van der Waals surface area contributed by atoms with Crippen LogP contribution in [0.1, 0.15) is 21.5 Å². The molecule has 0 aliphatic rings. The van der Waals surface area contributed by atoms with E-state index in [1.165, 1.54) is 0 Å². The van der Waals surface area contributed by atoms with Gasteiger partial charge in [-0.1, -0.05) is 36.4 Å². The first kappa shape index (κ1) is 14.0. The van der Waals surface area contributed by atoms with Gasteiger partial charge < -0.3 is 10.4 Å². The molecule has 19 heavy (non-hydrogen) atoms. The zero-order chi connectivity index (χ0) is 13.7. The Morgan fingerprint density at radius 2 is 1.84 bits per heavy atom. The smallest absolute Gasteiger partial charge is 0.252 e. The third-order valence-electron chi connectivity index (χ3n) is 2.75. The van der Waals surface area contributed by atoms with Gasteiger partial charge in [0.1, 0.15) is 0 Å². The lowest BCUT2D eigenvalue weighted by atomic mass is 10.1. The number of hydrogen-bond donors (Lipinski definition) is 2. The predicted octanol–water partition coefficient (Wildman–Crippen LogP) is 2.71. The monoisotopic (exact) mass is 367 g/mol. The van der Waals surface area contributed by atoms with Gasteiger partial charge in [-0.15, -0.1) is 0 Å². The minimum Gasteiger partial charge on any atom is -0.392 e. The summed E-state index contributed by atoms with van der Waals surface area (Å²) >= 11 is 2.15. The second kappa shape index (κ2) is 6.68. The van der Waals surface area contributed by atoms with Crippen molar-refractivity contribution in [3.63, 3.8) is 0 Å². The molecule has 0 atom stereocenters. The summed E-state index contributed by atoms with van der Waals surface area (Å²) in [7, 11) is 0.